The van der Waals surface area contributed by atoms with Crippen molar-refractivity contribution in [2.75, 3.05) is 25.0 Å². The first-order chi connectivity index (χ1) is 9.72. The van der Waals surface area contributed by atoms with Gasteiger partial charge in [-0.05, 0) is 24.6 Å². The molecule has 1 saturated heterocycles. The van der Waals surface area contributed by atoms with Gasteiger partial charge in [0.15, 0.2) is 0 Å². The van der Waals surface area contributed by atoms with Gasteiger partial charge in [0, 0.05) is 43.8 Å². The minimum Gasteiger partial charge on any atom is -0.355 e. The molecule has 4 nitrogen and oxygen atoms in total. The van der Waals surface area contributed by atoms with Crippen LogP contribution in [0.1, 0.15) is 11.3 Å². The summed E-state index contributed by atoms with van der Waals surface area (Å²) < 4.78 is 0.869. The van der Waals surface area contributed by atoms with Crippen molar-refractivity contribution in [1.29, 1.82) is 0 Å². The number of anilines is 1. The van der Waals surface area contributed by atoms with Gasteiger partial charge in [0.2, 0.25) is 0 Å². The molecule has 3 heterocycles. The van der Waals surface area contributed by atoms with Gasteiger partial charge in [-0.2, -0.15) is 0 Å². The molecule has 1 fully saturated rings. The monoisotopic (exact) mass is 308 g/mol. The predicted molar refractivity (Wildman–Crippen MR) is 83.4 cm³/mol. The Kier molecular flexibility index (Phi) is 4.19. The number of aromatic nitrogens is 2. The zero-order valence-electron chi connectivity index (χ0n) is 11.4. The molecule has 1 aliphatic heterocycles. The SMILES string of the molecule is CN(c1ccncn1)C1CCN(Cc2ccc(Cl)s2)C1. The van der Waals surface area contributed by atoms with Gasteiger partial charge in [0.1, 0.15) is 12.1 Å². The Morgan fingerprint density at radius 2 is 2.35 bits per heavy atom. The number of thiophene rings is 1. The van der Waals surface area contributed by atoms with Crippen LogP contribution in [0.25, 0.3) is 0 Å². The molecule has 0 radical (unpaired) electrons. The fourth-order valence-corrected chi connectivity index (χ4v) is 3.74. The molecule has 0 bridgehead atoms. The summed E-state index contributed by atoms with van der Waals surface area (Å²) in [5.74, 6) is 0.992. The summed E-state index contributed by atoms with van der Waals surface area (Å²) in [6.07, 6.45) is 4.56. The average molecular weight is 309 g/mol. The first-order valence-corrected chi connectivity index (χ1v) is 7.87. The second kappa shape index (κ2) is 6.08. The first kappa shape index (κ1) is 13.8. The van der Waals surface area contributed by atoms with Gasteiger partial charge in [0.25, 0.3) is 0 Å². The van der Waals surface area contributed by atoms with Gasteiger partial charge in [0.05, 0.1) is 4.34 Å². The molecule has 1 aliphatic rings. The Bertz CT molecular complexity index is 559. The third kappa shape index (κ3) is 3.11. The lowest BCUT2D eigenvalue weighted by molar-refractivity contribution is 0.329. The van der Waals surface area contributed by atoms with Crippen molar-refractivity contribution in [3.8, 4) is 0 Å². The van der Waals surface area contributed by atoms with E-state index in [1.54, 1.807) is 23.9 Å². The maximum atomic E-state index is 5.98. The number of nitrogens with zero attached hydrogens (tertiary/aromatic N) is 4. The number of hydrogen-bond donors (Lipinski definition) is 0. The van der Waals surface area contributed by atoms with Crippen molar-refractivity contribution in [2.45, 2.75) is 19.0 Å². The number of likely N-dealkylation sites (tertiary alicyclic amines) is 1. The minimum atomic E-state index is 0.514. The molecular weight excluding hydrogens is 292 g/mol. The van der Waals surface area contributed by atoms with Crippen molar-refractivity contribution >= 4 is 28.8 Å². The van der Waals surface area contributed by atoms with E-state index < -0.39 is 0 Å². The Hall–Kier alpha value is -1.17. The number of likely N-dealkylation sites (N-methyl/N-ethyl adjacent to an activating group) is 1. The molecule has 0 spiro atoms. The van der Waals surface area contributed by atoms with Gasteiger partial charge in [-0.3, -0.25) is 4.90 Å². The van der Waals surface area contributed by atoms with Gasteiger partial charge in [-0.15, -0.1) is 11.3 Å². The summed E-state index contributed by atoms with van der Waals surface area (Å²) in [5, 5.41) is 0. The highest BCUT2D eigenvalue weighted by Gasteiger charge is 2.26. The van der Waals surface area contributed by atoms with E-state index >= 15 is 0 Å². The van der Waals surface area contributed by atoms with Crippen LogP contribution < -0.4 is 4.90 Å². The van der Waals surface area contributed by atoms with Crippen LogP contribution in [0.3, 0.4) is 0 Å². The van der Waals surface area contributed by atoms with Crippen molar-refractivity contribution in [3.05, 3.63) is 39.9 Å². The Morgan fingerprint density at radius 1 is 1.45 bits per heavy atom. The Morgan fingerprint density at radius 3 is 3.05 bits per heavy atom. The molecule has 0 saturated carbocycles. The minimum absolute atomic E-state index is 0.514. The van der Waals surface area contributed by atoms with E-state index in [0.29, 0.717) is 6.04 Å². The van der Waals surface area contributed by atoms with Crippen LogP contribution >= 0.6 is 22.9 Å². The van der Waals surface area contributed by atoms with Crippen molar-refractivity contribution in [3.63, 3.8) is 0 Å². The molecule has 1 atom stereocenters. The smallest absolute Gasteiger partial charge is 0.131 e. The number of hydrogen-bond acceptors (Lipinski definition) is 5. The van der Waals surface area contributed by atoms with Crippen LogP contribution in [0.5, 0.6) is 0 Å². The Balaban J connectivity index is 1.59. The summed E-state index contributed by atoms with van der Waals surface area (Å²) in [7, 11) is 2.11. The van der Waals surface area contributed by atoms with Crippen LogP contribution in [0.15, 0.2) is 30.7 Å². The van der Waals surface area contributed by atoms with E-state index in [1.165, 1.54) is 11.3 Å². The summed E-state index contributed by atoms with van der Waals surface area (Å²) in [6, 6.07) is 6.57. The maximum Gasteiger partial charge on any atom is 0.131 e. The third-order valence-electron chi connectivity index (χ3n) is 3.73. The average Bonchev–Trinajstić information content (AvgIpc) is 3.09. The zero-order valence-corrected chi connectivity index (χ0v) is 12.9. The summed E-state index contributed by atoms with van der Waals surface area (Å²) >= 11 is 7.65. The lowest BCUT2D eigenvalue weighted by Crippen LogP contribution is -2.34. The van der Waals surface area contributed by atoms with Crippen LogP contribution in [0.2, 0.25) is 4.34 Å². The van der Waals surface area contributed by atoms with Crippen molar-refractivity contribution in [1.82, 2.24) is 14.9 Å². The summed E-state index contributed by atoms with van der Waals surface area (Å²) in [5.41, 5.74) is 0. The van der Waals surface area contributed by atoms with Crippen LogP contribution in [0, 0.1) is 0 Å². The third-order valence-corrected chi connectivity index (χ3v) is 4.95. The van der Waals surface area contributed by atoms with E-state index in [9.17, 15) is 0 Å². The summed E-state index contributed by atoms with van der Waals surface area (Å²) in [6.45, 7) is 3.18. The molecule has 6 heteroatoms. The second-order valence-corrected chi connectivity index (χ2v) is 6.86. The fraction of sp³-hybridized carbons (Fsp3) is 0.429. The quantitative estimate of drug-likeness (QED) is 0.869. The van der Waals surface area contributed by atoms with Crippen molar-refractivity contribution in [2.24, 2.45) is 0 Å². The molecular formula is C14H17ClN4S. The standard InChI is InChI=1S/C14H17ClN4S/c1-18(14-4-6-16-10-17-14)11-5-7-19(8-11)9-12-2-3-13(15)20-12/h2-4,6,10-11H,5,7-9H2,1H3. The highest BCUT2D eigenvalue weighted by atomic mass is 35.5. The molecule has 0 aromatic carbocycles. The summed E-state index contributed by atoms with van der Waals surface area (Å²) in [4.78, 5) is 14.3. The van der Waals surface area contributed by atoms with Crippen LogP contribution in [0.4, 0.5) is 5.82 Å². The predicted octanol–water partition coefficient (Wildman–Crippen LogP) is 2.90. The lowest BCUT2D eigenvalue weighted by atomic mass is 10.2. The molecule has 1 unspecified atom stereocenters. The van der Waals surface area contributed by atoms with Crippen LogP contribution in [-0.4, -0.2) is 41.0 Å². The largest absolute Gasteiger partial charge is 0.355 e. The Labute approximate surface area is 128 Å². The topological polar surface area (TPSA) is 32.3 Å². The highest BCUT2D eigenvalue weighted by molar-refractivity contribution is 7.16. The van der Waals surface area contributed by atoms with E-state index in [2.05, 4.69) is 32.9 Å². The first-order valence-electron chi connectivity index (χ1n) is 6.68. The van der Waals surface area contributed by atoms with Crippen molar-refractivity contribution < 1.29 is 0 Å². The highest BCUT2D eigenvalue weighted by Crippen LogP contribution is 2.25. The normalized spacial score (nSPS) is 19.4. The van der Waals surface area contributed by atoms with E-state index in [1.807, 2.05) is 12.1 Å². The molecule has 0 amide bonds. The lowest BCUT2D eigenvalue weighted by Gasteiger charge is -2.25. The van der Waals surface area contributed by atoms with E-state index in [4.69, 9.17) is 11.6 Å². The zero-order chi connectivity index (χ0) is 13.9. The van der Waals surface area contributed by atoms with Crippen LogP contribution in [-0.2, 0) is 6.54 Å². The van der Waals surface area contributed by atoms with E-state index in [0.717, 1.165) is 29.8 Å². The molecule has 3 rings (SSSR count). The molecule has 2 aromatic heterocycles. The van der Waals surface area contributed by atoms with Gasteiger partial charge in [-0.1, -0.05) is 11.6 Å². The number of halogens is 1. The molecule has 0 N–H and O–H groups in total. The molecule has 20 heavy (non-hydrogen) atoms. The molecule has 106 valence electrons. The fourth-order valence-electron chi connectivity index (χ4n) is 2.61. The molecule has 0 aliphatic carbocycles. The van der Waals surface area contributed by atoms with Gasteiger partial charge in [-0.25, -0.2) is 9.97 Å². The molecule has 2 aromatic rings. The van der Waals surface area contributed by atoms with Gasteiger partial charge < -0.3 is 4.90 Å². The second-order valence-electron chi connectivity index (χ2n) is 5.06. The number of rotatable bonds is 4. The van der Waals surface area contributed by atoms with Gasteiger partial charge >= 0.3 is 0 Å². The van der Waals surface area contributed by atoms with E-state index in [-0.39, 0.29) is 0 Å². The maximum absolute atomic E-state index is 5.98.